The largest absolute Gasteiger partial charge is 0.493 e. The van der Waals surface area contributed by atoms with Crippen molar-refractivity contribution in [3.63, 3.8) is 0 Å². The Labute approximate surface area is 200 Å². The highest BCUT2D eigenvalue weighted by atomic mass is 32.2. The van der Waals surface area contributed by atoms with Crippen LogP contribution < -0.4 is 25.4 Å². The Morgan fingerprint density at radius 1 is 0.941 bits per heavy atom. The number of para-hydroxylation sites is 1. The molecule has 4 rings (SSSR count). The van der Waals surface area contributed by atoms with E-state index in [0.717, 1.165) is 5.75 Å². The molecule has 0 spiro atoms. The quantitative estimate of drug-likeness (QED) is 0.272. The first kappa shape index (κ1) is 23.0. The van der Waals surface area contributed by atoms with Crippen molar-refractivity contribution >= 4 is 23.4 Å². The van der Waals surface area contributed by atoms with Crippen LogP contribution in [-0.2, 0) is 4.79 Å². The normalized spacial score (nSPS) is 10.5. The number of carbonyl (C=O) groups is 1. The van der Waals surface area contributed by atoms with E-state index in [4.69, 9.17) is 20.1 Å². The third kappa shape index (κ3) is 5.41. The Hall–Kier alpha value is -4.18. The molecular formula is C24H23N5O4S. The smallest absolute Gasteiger partial charge is 0.234 e. The van der Waals surface area contributed by atoms with Crippen LogP contribution in [0.4, 0.5) is 5.69 Å². The van der Waals surface area contributed by atoms with E-state index in [2.05, 4.69) is 15.5 Å². The number of rotatable bonds is 9. The number of methoxy groups -OCH3 is 2. The molecule has 34 heavy (non-hydrogen) atoms. The zero-order valence-electron chi connectivity index (χ0n) is 18.6. The van der Waals surface area contributed by atoms with Crippen LogP contribution in [0.25, 0.3) is 11.4 Å². The molecule has 3 N–H and O–H groups in total. The van der Waals surface area contributed by atoms with Crippen molar-refractivity contribution in [1.29, 1.82) is 0 Å². The number of hydrogen-bond acceptors (Lipinski definition) is 8. The predicted octanol–water partition coefficient (Wildman–Crippen LogP) is 4.20. The molecule has 9 nitrogen and oxygen atoms in total. The number of nitrogen functional groups attached to an aromatic ring is 1. The first-order chi connectivity index (χ1) is 16.6. The maximum absolute atomic E-state index is 12.4. The van der Waals surface area contributed by atoms with Crippen LogP contribution in [0.3, 0.4) is 0 Å². The second-order valence-electron chi connectivity index (χ2n) is 7.02. The lowest BCUT2D eigenvalue weighted by atomic mass is 10.2. The fourth-order valence-corrected chi connectivity index (χ4v) is 3.76. The van der Waals surface area contributed by atoms with Gasteiger partial charge in [0.1, 0.15) is 11.5 Å². The summed E-state index contributed by atoms with van der Waals surface area (Å²) >= 11 is 1.18. The van der Waals surface area contributed by atoms with Gasteiger partial charge in [-0.3, -0.25) is 4.79 Å². The molecule has 0 bridgehead atoms. The zero-order chi connectivity index (χ0) is 23.9. The maximum atomic E-state index is 12.4. The molecule has 0 aliphatic rings. The summed E-state index contributed by atoms with van der Waals surface area (Å²) in [6, 6.07) is 22.0. The highest BCUT2D eigenvalue weighted by Gasteiger charge is 2.16. The van der Waals surface area contributed by atoms with Gasteiger partial charge in [0.25, 0.3) is 0 Å². The van der Waals surface area contributed by atoms with Crippen molar-refractivity contribution in [1.82, 2.24) is 14.9 Å². The highest BCUT2D eigenvalue weighted by Crippen LogP contribution is 2.32. The van der Waals surface area contributed by atoms with Crippen molar-refractivity contribution in [2.45, 2.75) is 5.16 Å². The lowest BCUT2D eigenvalue weighted by Gasteiger charge is -2.09. The fourth-order valence-electron chi connectivity index (χ4n) is 3.11. The molecule has 1 amide bonds. The van der Waals surface area contributed by atoms with Crippen molar-refractivity contribution < 1.29 is 19.0 Å². The van der Waals surface area contributed by atoms with Gasteiger partial charge in [-0.2, -0.15) is 0 Å². The summed E-state index contributed by atoms with van der Waals surface area (Å²) in [4.78, 5) is 12.4. The van der Waals surface area contributed by atoms with E-state index in [1.807, 2.05) is 30.3 Å². The molecular weight excluding hydrogens is 454 g/mol. The van der Waals surface area contributed by atoms with Gasteiger partial charge in [0.2, 0.25) is 11.1 Å². The summed E-state index contributed by atoms with van der Waals surface area (Å²) in [5.74, 6) is 9.10. The van der Waals surface area contributed by atoms with Crippen LogP contribution in [0, 0.1) is 0 Å². The number of benzene rings is 3. The SMILES string of the molecule is COc1ccc(-c2nnc(SCC(=O)Nc3ccc(Oc4ccccc4)cc3)n2N)cc1OC. The number of nitrogens with one attached hydrogen (secondary N) is 1. The highest BCUT2D eigenvalue weighted by molar-refractivity contribution is 7.99. The maximum Gasteiger partial charge on any atom is 0.234 e. The topological polar surface area (TPSA) is 114 Å². The molecule has 4 aromatic rings. The van der Waals surface area contributed by atoms with Gasteiger partial charge in [-0.1, -0.05) is 30.0 Å². The van der Waals surface area contributed by atoms with E-state index in [-0.39, 0.29) is 11.7 Å². The van der Waals surface area contributed by atoms with E-state index in [1.54, 1.807) is 56.7 Å². The Bertz CT molecular complexity index is 1260. The number of nitrogens with two attached hydrogens (primary N) is 1. The summed E-state index contributed by atoms with van der Waals surface area (Å²) in [5, 5.41) is 11.5. The minimum absolute atomic E-state index is 0.115. The Morgan fingerprint density at radius 2 is 1.65 bits per heavy atom. The summed E-state index contributed by atoms with van der Waals surface area (Å²) < 4.78 is 17.7. The number of thioether (sulfide) groups is 1. The standard InChI is InChI=1S/C24H23N5O4S/c1-31-20-13-8-16(14-21(20)32-2)23-27-28-24(29(23)25)34-15-22(30)26-17-9-11-19(12-10-17)33-18-6-4-3-5-7-18/h3-14H,15,25H2,1-2H3,(H,26,30). The summed E-state index contributed by atoms with van der Waals surface area (Å²) in [5.41, 5.74) is 1.37. The molecule has 0 radical (unpaired) electrons. The van der Waals surface area contributed by atoms with E-state index < -0.39 is 0 Å². The van der Waals surface area contributed by atoms with E-state index >= 15 is 0 Å². The second-order valence-corrected chi connectivity index (χ2v) is 7.96. The second kappa shape index (κ2) is 10.6. The average molecular weight is 478 g/mol. The van der Waals surface area contributed by atoms with Gasteiger partial charge in [0.05, 0.1) is 20.0 Å². The Kier molecular flexibility index (Phi) is 7.19. The Balaban J connectivity index is 1.34. The molecule has 1 aromatic heterocycles. The molecule has 0 fully saturated rings. The van der Waals surface area contributed by atoms with Crippen molar-refractivity contribution in [2.24, 2.45) is 0 Å². The molecule has 174 valence electrons. The molecule has 0 saturated carbocycles. The van der Waals surface area contributed by atoms with Gasteiger partial charge in [0, 0.05) is 11.3 Å². The van der Waals surface area contributed by atoms with Gasteiger partial charge >= 0.3 is 0 Å². The molecule has 3 aromatic carbocycles. The lowest BCUT2D eigenvalue weighted by molar-refractivity contribution is -0.113. The minimum atomic E-state index is -0.197. The third-order valence-electron chi connectivity index (χ3n) is 4.76. The number of amides is 1. The van der Waals surface area contributed by atoms with Gasteiger partial charge in [-0.25, -0.2) is 4.68 Å². The zero-order valence-corrected chi connectivity index (χ0v) is 19.4. The number of anilines is 1. The Morgan fingerprint density at radius 3 is 2.35 bits per heavy atom. The van der Waals surface area contributed by atoms with Crippen LogP contribution in [0.15, 0.2) is 78.0 Å². The van der Waals surface area contributed by atoms with Gasteiger partial charge < -0.3 is 25.4 Å². The average Bonchev–Trinajstić information content (AvgIpc) is 3.24. The first-order valence-electron chi connectivity index (χ1n) is 10.3. The van der Waals surface area contributed by atoms with Gasteiger partial charge in [-0.05, 0) is 54.6 Å². The summed E-state index contributed by atoms with van der Waals surface area (Å²) in [6.07, 6.45) is 0. The third-order valence-corrected chi connectivity index (χ3v) is 5.70. The molecule has 10 heteroatoms. The van der Waals surface area contributed by atoms with Crippen LogP contribution in [-0.4, -0.2) is 40.8 Å². The first-order valence-corrected chi connectivity index (χ1v) is 11.2. The van der Waals surface area contributed by atoms with E-state index in [1.165, 1.54) is 16.4 Å². The van der Waals surface area contributed by atoms with Gasteiger partial charge in [-0.15, -0.1) is 10.2 Å². The number of hydrogen-bond donors (Lipinski definition) is 2. The number of aromatic nitrogens is 3. The lowest BCUT2D eigenvalue weighted by Crippen LogP contribution is -2.16. The van der Waals surface area contributed by atoms with Gasteiger partial charge in [0.15, 0.2) is 17.3 Å². The molecule has 0 saturated heterocycles. The molecule has 0 atom stereocenters. The molecule has 1 heterocycles. The van der Waals surface area contributed by atoms with Crippen molar-refractivity contribution in [3.05, 3.63) is 72.8 Å². The number of nitrogens with zero attached hydrogens (tertiary/aromatic N) is 3. The number of ether oxygens (including phenoxy) is 3. The summed E-state index contributed by atoms with van der Waals surface area (Å²) in [7, 11) is 3.12. The van der Waals surface area contributed by atoms with Crippen LogP contribution in [0.5, 0.6) is 23.0 Å². The molecule has 0 unspecified atom stereocenters. The van der Waals surface area contributed by atoms with E-state index in [9.17, 15) is 4.79 Å². The number of carbonyl (C=O) groups excluding carboxylic acids is 1. The summed E-state index contributed by atoms with van der Waals surface area (Å²) in [6.45, 7) is 0. The van der Waals surface area contributed by atoms with Crippen molar-refractivity contribution in [3.8, 4) is 34.4 Å². The predicted molar refractivity (Wildman–Crippen MR) is 131 cm³/mol. The molecule has 0 aliphatic heterocycles. The van der Waals surface area contributed by atoms with Crippen LogP contribution >= 0.6 is 11.8 Å². The monoisotopic (exact) mass is 477 g/mol. The fraction of sp³-hybridized carbons (Fsp3) is 0.125. The minimum Gasteiger partial charge on any atom is -0.493 e. The molecule has 0 aliphatic carbocycles. The van der Waals surface area contributed by atoms with E-state index in [0.29, 0.717) is 39.5 Å². The van der Waals surface area contributed by atoms with Crippen LogP contribution in [0.2, 0.25) is 0 Å². The van der Waals surface area contributed by atoms with Crippen molar-refractivity contribution in [2.75, 3.05) is 31.1 Å². The van der Waals surface area contributed by atoms with Crippen LogP contribution in [0.1, 0.15) is 0 Å².